The molecule has 10 heteroatoms. The number of nitrogens with zero attached hydrogens (tertiary/aromatic N) is 1. The number of pyridine rings is 1. The number of carbonyl (C=O) groups excluding carboxylic acids is 2. The molecule has 1 aromatic carbocycles. The molecular weight excluding hydrogens is 432 g/mol. The zero-order chi connectivity index (χ0) is 23.8. The molecule has 4 atom stereocenters. The van der Waals surface area contributed by atoms with Crippen LogP contribution in [-0.4, -0.2) is 41.7 Å². The van der Waals surface area contributed by atoms with Gasteiger partial charge in [-0.05, 0) is 25.1 Å². The maximum atomic E-state index is 13.9. The molecule has 0 bridgehead atoms. The maximum Gasteiger partial charge on any atom is 0.417 e. The van der Waals surface area contributed by atoms with Gasteiger partial charge in [-0.1, -0.05) is 13.0 Å². The van der Waals surface area contributed by atoms with Gasteiger partial charge in [0.1, 0.15) is 23.4 Å². The summed E-state index contributed by atoms with van der Waals surface area (Å²) in [7, 11) is 1.26. The molecular formula is C22H22F4N2O4. The molecule has 172 valence electrons. The number of halogens is 4. The molecule has 0 spiro atoms. The van der Waals surface area contributed by atoms with Gasteiger partial charge in [0.2, 0.25) is 0 Å². The van der Waals surface area contributed by atoms with Gasteiger partial charge >= 0.3 is 6.18 Å². The van der Waals surface area contributed by atoms with Crippen LogP contribution in [-0.2, 0) is 9.53 Å². The van der Waals surface area contributed by atoms with Gasteiger partial charge in [-0.25, -0.2) is 4.39 Å². The number of ether oxygens (including phenoxy) is 2. The summed E-state index contributed by atoms with van der Waals surface area (Å²) < 4.78 is 66.1. The van der Waals surface area contributed by atoms with Crippen molar-refractivity contribution in [2.75, 3.05) is 12.4 Å². The van der Waals surface area contributed by atoms with Gasteiger partial charge in [0.15, 0.2) is 11.4 Å². The van der Waals surface area contributed by atoms with Crippen molar-refractivity contribution in [1.82, 2.24) is 4.98 Å². The minimum absolute atomic E-state index is 0.0115. The summed E-state index contributed by atoms with van der Waals surface area (Å²) in [6.45, 7) is 3.50. The number of alkyl halides is 3. The highest BCUT2D eigenvalue weighted by molar-refractivity contribution is 5.97. The van der Waals surface area contributed by atoms with Crippen LogP contribution in [0, 0.1) is 11.7 Å². The van der Waals surface area contributed by atoms with Crippen molar-refractivity contribution in [2.45, 2.75) is 44.6 Å². The largest absolute Gasteiger partial charge is 0.496 e. The molecule has 0 aliphatic carbocycles. The monoisotopic (exact) mass is 454 g/mol. The van der Waals surface area contributed by atoms with Gasteiger partial charge < -0.3 is 14.8 Å². The van der Waals surface area contributed by atoms with Gasteiger partial charge in [0, 0.05) is 42.3 Å². The Morgan fingerprint density at radius 1 is 1.22 bits per heavy atom. The minimum atomic E-state index is -4.77. The van der Waals surface area contributed by atoms with E-state index in [2.05, 4.69) is 10.3 Å². The fraction of sp³-hybridized carbons (Fsp3) is 0.409. The Balaban J connectivity index is 2.04. The number of carbonyl (C=O) groups is 2. The van der Waals surface area contributed by atoms with Crippen LogP contribution in [0.25, 0.3) is 0 Å². The maximum absolute atomic E-state index is 13.9. The van der Waals surface area contributed by atoms with Crippen LogP contribution >= 0.6 is 0 Å². The number of amides is 1. The van der Waals surface area contributed by atoms with Crippen LogP contribution in [0.5, 0.6) is 5.75 Å². The number of methoxy groups -OCH3 is 1. The van der Waals surface area contributed by atoms with E-state index in [1.165, 1.54) is 45.4 Å². The van der Waals surface area contributed by atoms with Crippen LogP contribution < -0.4 is 10.1 Å². The van der Waals surface area contributed by atoms with E-state index in [1.807, 2.05) is 0 Å². The molecule has 1 aliphatic rings. The number of benzene rings is 1. The van der Waals surface area contributed by atoms with Crippen molar-refractivity contribution in [2.24, 2.45) is 5.92 Å². The Kier molecular flexibility index (Phi) is 6.28. The summed E-state index contributed by atoms with van der Waals surface area (Å²) in [6, 6.07) is 6.14. The number of aromatic nitrogens is 1. The Morgan fingerprint density at radius 2 is 1.91 bits per heavy atom. The van der Waals surface area contributed by atoms with Crippen molar-refractivity contribution in [3.8, 4) is 5.75 Å². The van der Waals surface area contributed by atoms with Gasteiger partial charge in [0.05, 0.1) is 7.11 Å². The highest BCUT2D eigenvalue weighted by Gasteiger charge is 2.65. The first-order valence-corrected chi connectivity index (χ1v) is 9.75. The molecule has 1 aromatic heterocycles. The first-order chi connectivity index (χ1) is 14.9. The van der Waals surface area contributed by atoms with E-state index in [1.54, 1.807) is 0 Å². The second-order valence-corrected chi connectivity index (χ2v) is 7.82. The summed E-state index contributed by atoms with van der Waals surface area (Å²) in [4.78, 5) is 28.5. The SMILES string of the molecule is COc1cc(F)ccc1[C@H]1[C@@H](C)[C@](C)(C(F)(F)F)O[C@H]1C(=O)Nc1ccnc(C(C)=O)c1. The summed E-state index contributed by atoms with van der Waals surface area (Å²) in [5.74, 6) is -4.11. The summed E-state index contributed by atoms with van der Waals surface area (Å²) in [5.41, 5.74) is -2.16. The molecule has 1 amide bonds. The Bertz CT molecular complexity index is 1040. The Morgan fingerprint density at radius 3 is 2.50 bits per heavy atom. The van der Waals surface area contributed by atoms with E-state index in [-0.39, 0.29) is 28.5 Å². The van der Waals surface area contributed by atoms with Crippen LogP contribution in [0.1, 0.15) is 42.7 Å². The highest BCUT2D eigenvalue weighted by Crippen LogP contribution is 2.54. The number of Topliss-reactive ketones (excluding diaryl/α,β-unsaturated/α-hetero) is 1. The molecule has 32 heavy (non-hydrogen) atoms. The summed E-state index contributed by atoms with van der Waals surface area (Å²) in [5, 5.41) is 2.50. The second kappa shape index (κ2) is 8.50. The standard InChI is InChI=1S/C22H22F4N2O4/c1-11-18(15-6-5-13(23)9-17(15)31-4)19(32-21(11,3)22(24,25)26)20(30)28-14-7-8-27-16(10-14)12(2)29/h5-11,18-19H,1-4H3,(H,27,28,30)/t11-,18-,19-,21-/m1/s1. The zero-order valence-electron chi connectivity index (χ0n) is 17.8. The minimum Gasteiger partial charge on any atom is -0.496 e. The molecule has 0 saturated carbocycles. The predicted octanol–water partition coefficient (Wildman–Crippen LogP) is 4.51. The number of hydrogen-bond acceptors (Lipinski definition) is 5. The van der Waals surface area contributed by atoms with E-state index in [4.69, 9.17) is 9.47 Å². The number of rotatable bonds is 5. The molecule has 2 heterocycles. The second-order valence-electron chi connectivity index (χ2n) is 7.82. The predicted molar refractivity (Wildman–Crippen MR) is 107 cm³/mol. The smallest absolute Gasteiger partial charge is 0.417 e. The lowest BCUT2D eigenvalue weighted by Gasteiger charge is -2.32. The summed E-state index contributed by atoms with van der Waals surface area (Å²) >= 11 is 0. The van der Waals surface area contributed by atoms with Gasteiger partial charge in [-0.3, -0.25) is 14.6 Å². The molecule has 0 unspecified atom stereocenters. The number of hydrogen-bond donors (Lipinski definition) is 1. The molecule has 2 aromatic rings. The summed E-state index contributed by atoms with van der Waals surface area (Å²) in [6.07, 6.45) is -5.04. The fourth-order valence-corrected chi connectivity index (χ4v) is 3.90. The number of anilines is 1. The lowest BCUT2D eigenvalue weighted by atomic mass is 9.77. The van der Waals surface area contributed by atoms with Gasteiger partial charge in [-0.15, -0.1) is 0 Å². The van der Waals surface area contributed by atoms with E-state index in [9.17, 15) is 27.2 Å². The third-order valence-electron chi connectivity index (χ3n) is 5.87. The Hall–Kier alpha value is -3.01. The Labute approximate surface area is 181 Å². The molecule has 3 rings (SSSR count). The quantitative estimate of drug-likeness (QED) is 0.531. The molecule has 1 saturated heterocycles. The molecule has 0 radical (unpaired) electrons. The van der Waals surface area contributed by atoms with Crippen molar-refractivity contribution < 1.29 is 36.6 Å². The highest BCUT2D eigenvalue weighted by atomic mass is 19.4. The molecule has 6 nitrogen and oxygen atoms in total. The third kappa shape index (κ3) is 4.19. The first kappa shape index (κ1) is 23.6. The van der Waals surface area contributed by atoms with Crippen LogP contribution in [0.3, 0.4) is 0 Å². The number of ketones is 1. The van der Waals surface area contributed by atoms with Crippen molar-refractivity contribution in [3.63, 3.8) is 0 Å². The average molecular weight is 454 g/mol. The molecule has 1 aliphatic heterocycles. The van der Waals surface area contributed by atoms with Crippen molar-refractivity contribution in [1.29, 1.82) is 0 Å². The number of nitrogens with one attached hydrogen (secondary N) is 1. The van der Waals surface area contributed by atoms with Crippen molar-refractivity contribution in [3.05, 3.63) is 53.6 Å². The van der Waals surface area contributed by atoms with E-state index in [0.29, 0.717) is 0 Å². The lowest BCUT2D eigenvalue weighted by molar-refractivity contribution is -0.272. The molecule has 1 N–H and O–H groups in total. The topological polar surface area (TPSA) is 77.5 Å². The van der Waals surface area contributed by atoms with Crippen LogP contribution in [0.2, 0.25) is 0 Å². The van der Waals surface area contributed by atoms with Gasteiger partial charge in [-0.2, -0.15) is 13.2 Å². The van der Waals surface area contributed by atoms with Crippen LogP contribution in [0.4, 0.5) is 23.2 Å². The van der Waals surface area contributed by atoms with Crippen molar-refractivity contribution >= 4 is 17.4 Å². The first-order valence-electron chi connectivity index (χ1n) is 9.75. The molecule has 1 fully saturated rings. The third-order valence-corrected chi connectivity index (χ3v) is 5.87. The van der Waals surface area contributed by atoms with Gasteiger partial charge in [0.25, 0.3) is 5.91 Å². The normalized spacial score (nSPS) is 25.4. The van der Waals surface area contributed by atoms with E-state index >= 15 is 0 Å². The van der Waals surface area contributed by atoms with Crippen LogP contribution in [0.15, 0.2) is 36.5 Å². The fourth-order valence-electron chi connectivity index (χ4n) is 3.90. The van der Waals surface area contributed by atoms with E-state index < -0.39 is 41.4 Å². The van der Waals surface area contributed by atoms with E-state index in [0.717, 1.165) is 19.1 Å². The lowest BCUT2D eigenvalue weighted by Crippen LogP contribution is -2.47. The zero-order valence-corrected chi connectivity index (χ0v) is 17.8. The average Bonchev–Trinajstić information content (AvgIpc) is 3.00.